The third-order valence-electron chi connectivity index (χ3n) is 3.37. The molecule has 3 rings (SSSR count). The maximum Gasteiger partial charge on any atom is 0.259 e. The van der Waals surface area contributed by atoms with Gasteiger partial charge < -0.3 is 14.0 Å². The van der Waals surface area contributed by atoms with E-state index in [2.05, 4.69) is 0 Å². The van der Waals surface area contributed by atoms with Crippen molar-refractivity contribution in [2.45, 2.75) is 32.1 Å². The van der Waals surface area contributed by atoms with Gasteiger partial charge in [-0.25, -0.2) is 0 Å². The van der Waals surface area contributed by atoms with Crippen LogP contribution in [0.4, 0.5) is 0 Å². The highest BCUT2D eigenvalue weighted by Gasteiger charge is 2.13. The Hall–Kier alpha value is -1.17. The molecular weight excluding hydrogens is 262 g/mol. The topological polar surface area (TPSA) is 40.5 Å². The molecule has 2 aromatic heterocycles. The lowest BCUT2D eigenvalue weighted by molar-refractivity contribution is -0.163. The van der Waals surface area contributed by atoms with Crippen molar-refractivity contribution >= 4 is 21.4 Å². The number of ether oxygens (including phenoxy) is 2. The molecule has 1 fully saturated rings. The molecule has 1 aliphatic rings. The number of rotatable bonds is 4. The lowest BCUT2D eigenvalue weighted by atomic mass is 10.2. The van der Waals surface area contributed by atoms with Crippen molar-refractivity contribution in [3.05, 3.63) is 34.1 Å². The Bertz CT molecular complexity index is 598. The molecule has 0 amide bonds. The summed E-state index contributed by atoms with van der Waals surface area (Å²) in [6, 6.07) is 3.86. The van der Waals surface area contributed by atoms with Crippen molar-refractivity contribution in [2.24, 2.45) is 0 Å². The number of fused-ring (bicyclic) bond motifs is 1. The van der Waals surface area contributed by atoms with Gasteiger partial charge in [0.2, 0.25) is 0 Å². The summed E-state index contributed by atoms with van der Waals surface area (Å²) in [4.78, 5) is 12.2. The number of hydrogen-bond donors (Lipinski definition) is 0. The molecule has 0 radical (unpaired) electrons. The van der Waals surface area contributed by atoms with Crippen LogP contribution in [0.15, 0.2) is 28.5 Å². The highest BCUT2D eigenvalue weighted by Crippen LogP contribution is 2.16. The standard InChI is InChI=1S/C14H17NO3S/c16-14-11-5-10-19-12(11)4-6-15(14)7-9-18-13-3-1-2-8-17-13/h4-6,10,13H,1-3,7-9H2/t13-/m0/s1. The monoisotopic (exact) mass is 279 g/mol. The molecule has 0 saturated carbocycles. The molecule has 0 N–H and O–H groups in total. The van der Waals surface area contributed by atoms with Gasteiger partial charge in [-0.2, -0.15) is 0 Å². The van der Waals surface area contributed by atoms with E-state index in [1.165, 1.54) is 0 Å². The first-order chi connectivity index (χ1) is 9.34. The number of thiophene rings is 1. The Morgan fingerprint density at radius 3 is 3.21 bits per heavy atom. The summed E-state index contributed by atoms with van der Waals surface area (Å²) in [6.07, 6.45) is 4.99. The second kappa shape index (κ2) is 5.86. The fourth-order valence-electron chi connectivity index (χ4n) is 2.31. The van der Waals surface area contributed by atoms with E-state index in [9.17, 15) is 4.79 Å². The van der Waals surface area contributed by atoms with Crippen molar-refractivity contribution in [1.82, 2.24) is 4.57 Å². The van der Waals surface area contributed by atoms with Crippen LogP contribution in [0.2, 0.25) is 0 Å². The summed E-state index contributed by atoms with van der Waals surface area (Å²) in [5, 5.41) is 2.74. The fraction of sp³-hybridized carbons (Fsp3) is 0.500. The molecule has 1 aliphatic heterocycles. The van der Waals surface area contributed by atoms with Crippen LogP contribution < -0.4 is 5.56 Å². The fourth-order valence-corrected chi connectivity index (χ4v) is 3.08. The number of hydrogen-bond acceptors (Lipinski definition) is 4. The predicted molar refractivity (Wildman–Crippen MR) is 75.6 cm³/mol. The van der Waals surface area contributed by atoms with E-state index in [-0.39, 0.29) is 11.8 Å². The maximum atomic E-state index is 12.2. The number of aromatic nitrogens is 1. The first-order valence-electron chi connectivity index (χ1n) is 6.64. The molecule has 0 bridgehead atoms. The zero-order valence-corrected chi connectivity index (χ0v) is 11.5. The van der Waals surface area contributed by atoms with E-state index < -0.39 is 0 Å². The van der Waals surface area contributed by atoms with Crippen molar-refractivity contribution < 1.29 is 9.47 Å². The molecule has 1 saturated heterocycles. The zero-order valence-electron chi connectivity index (χ0n) is 10.7. The molecular formula is C14H17NO3S. The lowest BCUT2D eigenvalue weighted by Gasteiger charge is -2.22. The first kappa shape index (κ1) is 12.8. The van der Waals surface area contributed by atoms with E-state index in [1.54, 1.807) is 15.9 Å². The second-order valence-corrected chi connectivity index (χ2v) is 5.63. The first-order valence-corrected chi connectivity index (χ1v) is 7.52. The van der Waals surface area contributed by atoms with Gasteiger partial charge in [0.25, 0.3) is 5.56 Å². The minimum Gasteiger partial charge on any atom is -0.353 e. The van der Waals surface area contributed by atoms with Crippen LogP contribution >= 0.6 is 11.3 Å². The molecule has 19 heavy (non-hydrogen) atoms. The average Bonchev–Trinajstić information content (AvgIpc) is 2.92. The van der Waals surface area contributed by atoms with Crippen LogP contribution in [0.25, 0.3) is 10.1 Å². The normalized spacial score (nSPS) is 19.9. The summed E-state index contributed by atoms with van der Waals surface area (Å²) >= 11 is 1.59. The Kier molecular flexibility index (Phi) is 3.96. The summed E-state index contributed by atoms with van der Waals surface area (Å²) in [5.74, 6) is 0. The van der Waals surface area contributed by atoms with Gasteiger partial charge in [0, 0.05) is 24.0 Å². The Morgan fingerprint density at radius 1 is 1.42 bits per heavy atom. The number of pyridine rings is 1. The van der Waals surface area contributed by atoms with Crippen LogP contribution in [0.1, 0.15) is 19.3 Å². The quantitative estimate of drug-likeness (QED) is 0.863. The van der Waals surface area contributed by atoms with E-state index in [0.29, 0.717) is 13.2 Å². The minimum absolute atomic E-state index is 0.0620. The Balaban J connectivity index is 1.61. The predicted octanol–water partition coefficient (Wildman–Crippen LogP) is 2.61. The zero-order chi connectivity index (χ0) is 13.1. The van der Waals surface area contributed by atoms with E-state index >= 15 is 0 Å². The van der Waals surface area contributed by atoms with E-state index in [1.807, 2.05) is 23.7 Å². The van der Waals surface area contributed by atoms with Gasteiger partial charge in [0.1, 0.15) is 0 Å². The van der Waals surface area contributed by atoms with Crippen LogP contribution in [0.3, 0.4) is 0 Å². The van der Waals surface area contributed by atoms with Crippen molar-refractivity contribution in [3.8, 4) is 0 Å². The molecule has 0 unspecified atom stereocenters. The number of nitrogens with zero attached hydrogens (tertiary/aromatic N) is 1. The van der Waals surface area contributed by atoms with Crippen LogP contribution in [0.5, 0.6) is 0 Å². The summed E-state index contributed by atoms with van der Waals surface area (Å²) in [5.41, 5.74) is 0.0620. The van der Waals surface area contributed by atoms with Gasteiger partial charge in [-0.1, -0.05) is 0 Å². The van der Waals surface area contributed by atoms with Gasteiger partial charge in [-0.3, -0.25) is 4.79 Å². The summed E-state index contributed by atoms with van der Waals surface area (Å²) in [6.45, 7) is 1.87. The van der Waals surface area contributed by atoms with Crippen molar-refractivity contribution in [1.29, 1.82) is 0 Å². The van der Waals surface area contributed by atoms with Gasteiger partial charge in [-0.05, 0) is 36.8 Å². The Labute approximate surface area is 115 Å². The molecule has 0 aliphatic carbocycles. The molecule has 1 atom stereocenters. The van der Waals surface area contributed by atoms with Crippen LogP contribution in [0, 0.1) is 0 Å². The molecule has 102 valence electrons. The van der Waals surface area contributed by atoms with Crippen LogP contribution in [-0.4, -0.2) is 24.1 Å². The lowest BCUT2D eigenvalue weighted by Crippen LogP contribution is -2.26. The molecule has 4 nitrogen and oxygen atoms in total. The second-order valence-electron chi connectivity index (χ2n) is 4.68. The minimum atomic E-state index is -0.0886. The average molecular weight is 279 g/mol. The SMILES string of the molecule is O=c1c2ccsc2ccn1CCO[C@H]1CCCCO1. The largest absolute Gasteiger partial charge is 0.353 e. The van der Waals surface area contributed by atoms with Gasteiger partial charge in [0.15, 0.2) is 6.29 Å². The Morgan fingerprint density at radius 2 is 2.37 bits per heavy atom. The van der Waals surface area contributed by atoms with Gasteiger partial charge in [0.05, 0.1) is 12.0 Å². The van der Waals surface area contributed by atoms with Gasteiger partial charge >= 0.3 is 0 Å². The van der Waals surface area contributed by atoms with Crippen LogP contribution in [-0.2, 0) is 16.0 Å². The summed E-state index contributed by atoms with van der Waals surface area (Å²) < 4.78 is 13.9. The molecule has 2 aromatic rings. The van der Waals surface area contributed by atoms with E-state index in [4.69, 9.17) is 9.47 Å². The van der Waals surface area contributed by atoms with Gasteiger partial charge in [-0.15, -0.1) is 11.3 Å². The highest BCUT2D eigenvalue weighted by atomic mass is 32.1. The molecule has 5 heteroatoms. The summed E-state index contributed by atoms with van der Waals surface area (Å²) in [7, 11) is 0. The molecule has 3 heterocycles. The molecule has 0 aromatic carbocycles. The van der Waals surface area contributed by atoms with E-state index in [0.717, 1.165) is 36.0 Å². The third kappa shape index (κ3) is 2.88. The smallest absolute Gasteiger partial charge is 0.259 e. The van der Waals surface area contributed by atoms with Crippen molar-refractivity contribution in [2.75, 3.05) is 13.2 Å². The maximum absolute atomic E-state index is 12.2. The highest BCUT2D eigenvalue weighted by molar-refractivity contribution is 7.17. The molecule has 0 spiro atoms. The third-order valence-corrected chi connectivity index (χ3v) is 4.25. The van der Waals surface area contributed by atoms with Crippen molar-refractivity contribution in [3.63, 3.8) is 0 Å².